The van der Waals surface area contributed by atoms with Crippen LogP contribution in [0.5, 0.6) is 0 Å². The zero-order valence-electron chi connectivity index (χ0n) is 11.1. The minimum atomic E-state index is -0.929. The molecule has 0 aliphatic rings. The first-order valence-corrected chi connectivity index (χ1v) is 6.62. The van der Waals surface area contributed by atoms with Crippen LogP contribution in [0, 0.1) is 5.92 Å². The van der Waals surface area contributed by atoms with E-state index < -0.39 is 11.9 Å². The summed E-state index contributed by atoms with van der Waals surface area (Å²) in [6.07, 6.45) is 1.08. The van der Waals surface area contributed by atoms with Crippen LogP contribution in [0.4, 0.5) is 5.69 Å². The molecule has 0 bridgehead atoms. The van der Waals surface area contributed by atoms with E-state index in [1.165, 1.54) is 4.90 Å². The van der Waals surface area contributed by atoms with E-state index in [0.717, 1.165) is 0 Å². The van der Waals surface area contributed by atoms with E-state index >= 15 is 0 Å². The lowest BCUT2D eigenvalue weighted by atomic mass is 10.1. The maximum absolute atomic E-state index is 12.1. The predicted molar refractivity (Wildman–Crippen MR) is 75.5 cm³/mol. The van der Waals surface area contributed by atoms with Crippen LogP contribution in [0.3, 0.4) is 0 Å². The number of rotatable bonds is 6. The molecule has 1 rings (SSSR count). The Balaban J connectivity index is 3.02. The average molecular weight is 284 g/mol. The van der Waals surface area contributed by atoms with Gasteiger partial charge in [-0.1, -0.05) is 37.6 Å². The van der Waals surface area contributed by atoms with Gasteiger partial charge in [-0.15, -0.1) is 0 Å². The number of carbonyl (C=O) groups excluding carboxylic acids is 1. The largest absolute Gasteiger partial charge is 0.481 e. The maximum Gasteiger partial charge on any atom is 0.308 e. The molecule has 0 radical (unpaired) electrons. The van der Waals surface area contributed by atoms with Crippen molar-refractivity contribution < 1.29 is 14.7 Å². The van der Waals surface area contributed by atoms with Crippen LogP contribution in [0.25, 0.3) is 0 Å². The molecule has 0 spiro atoms. The zero-order valence-corrected chi connectivity index (χ0v) is 11.9. The van der Waals surface area contributed by atoms with E-state index in [0.29, 0.717) is 23.6 Å². The van der Waals surface area contributed by atoms with Gasteiger partial charge in [0.1, 0.15) is 0 Å². The molecule has 0 saturated heterocycles. The molecule has 0 saturated carbocycles. The van der Waals surface area contributed by atoms with Gasteiger partial charge in [-0.25, -0.2) is 0 Å². The third kappa shape index (κ3) is 4.24. The summed E-state index contributed by atoms with van der Waals surface area (Å²) in [6, 6.07) is 6.97. The second-order valence-corrected chi connectivity index (χ2v) is 4.85. The zero-order chi connectivity index (χ0) is 14.4. The van der Waals surface area contributed by atoms with Crippen molar-refractivity contribution in [1.29, 1.82) is 0 Å². The smallest absolute Gasteiger partial charge is 0.308 e. The number of carbonyl (C=O) groups is 2. The summed E-state index contributed by atoms with van der Waals surface area (Å²) in [5.74, 6) is -1.68. The van der Waals surface area contributed by atoms with Crippen LogP contribution in [0.2, 0.25) is 5.02 Å². The first-order chi connectivity index (χ1) is 8.97. The summed E-state index contributed by atoms with van der Waals surface area (Å²) in [7, 11) is 0. The first-order valence-electron chi connectivity index (χ1n) is 6.25. The van der Waals surface area contributed by atoms with Crippen LogP contribution in [-0.4, -0.2) is 23.5 Å². The van der Waals surface area contributed by atoms with Crippen molar-refractivity contribution in [2.75, 3.05) is 11.4 Å². The molecule has 0 fully saturated rings. The number of carboxylic acid groups (broad SMARTS) is 1. The molecule has 0 aromatic heterocycles. The lowest BCUT2D eigenvalue weighted by Crippen LogP contribution is -2.37. The molecule has 1 aromatic rings. The number of halogens is 1. The number of hydrogen-bond acceptors (Lipinski definition) is 2. The van der Waals surface area contributed by atoms with Crippen molar-refractivity contribution in [1.82, 2.24) is 0 Å². The number of benzene rings is 1. The molecule has 0 heterocycles. The minimum Gasteiger partial charge on any atom is -0.481 e. The van der Waals surface area contributed by atoms with Crippen molar-refractivity contribution in [2.45, 2.75) is 26.7 Å². The van der Waals surface area contributed by atoms with Gasteiger partial charge >= 0.3 is 5.97 Å². The molecule has 0 aliphatic carbocycles. The number of para-hydroxylation sites is 1. The minimum absolute atomic E-state index is 0.108. The lowest BCUT2D eigenvalue weighted by Gasteiger charge is -2.25. The second kappa shape index (κ2) is 7.14. The van der Waals surface area contributed by atoms with Crippen LogP contribution in [0.1, 0.15) is 26.7 Å². The number of nitrogens with zero attached hydrogens (tertiary/aromatic N) is 1. The van der Waals surface area contributed by atoms with Gasteiger partial charge in [0.15, 0.2) is 0 Å². The van der Waals surface area contributed by atoms with Crippen molar-refractivity contribution in [3.8, 4) is 0 Å². The second-order valence-electron chi connectivity index (χ2n) is 4.45. The highest BCUT2D eigenvalue weighted by Gasteiger charge is 2.22. The number of anilines is 1. The summed E-state index contributed by atoms with van der Waals surface area (Å²) in [6.45, 7) is 3.60. The monoisotopic (exact) mass is 283 g/mol. The summed E-state index contributed by atoms with van der Waals surface area (Å²) in [5.41, 5.74) is 0.565. The van der Waals surface area contributed by atoms with Gasteiger partial charge in [0, 0.05) is 13.0 Å². The van der Waals surface area contributed by atoms with Crippen molar-refractivity contribution in [2.24, 2.45) is 5.92 Å². The number of carboxylic acids is 1. The molecular weight excluding hydrogens is 266 g/mol. The highest BCUT2D eigenvalue weighted by atomic mass is 35.5. The molecule has 1 N–H and O–H groups in total. The maximum atomic E-state index is 12.1. The number of aliphatic carboxylic acids is 1. The Hall–Kier alpha value is -1.55. The average Bonchev–Trinajstić information content (AvgIpc) is 2.36. The fourth-order valence-corrected chi connectivity index (χ4v) is 1.94. The van der Waals surface area contributed by atoms with Gasteiger partial charge in [0.25, 0.3) is 0 Å². The third-order valence-corrected chi connectivity index (χ3v) is 3.11. The third-order valence-electron chi connectivity index (χ3n) is 2.79. The molecule has 19 heavy (non-hydrogen) atoms. The topological polar surface area (TPSA) is 57.6 Å². The molecule has 1 atom stereocenters. The normalized spacial score (nSPS) is 11.9. The Morgan fingerprint density at radius 2 is 2.00 bits per heavy atom. The van der Waals surface area contributed by atoms with E-state index in [-0.39, 0.29) is 12.5 Å². The highest BCUT2D eigenvalue weighted by molar-refractivity contribution is 6.33. The molecule has 5 heteroatoms. The lowest BCUT2D eigenvalue weighted by molar-refractivity contribution is -0.140. The van der Waals surface area contributed by atoms with E-state index in [2.05, 4.69) is 0 Å². The van der Waals surface area contributed by atoms with Gasteiger partial charge in [-0.3, -0.25) is 9.59 Å². The predicted octanol–water partition coefficient (Wildman–Crippen LogP) is 3.19. The number of amides is 1. The summed E-state index contributed by atoms with van der Waals surface area (Å²) in [5, 5.41) is 9.44. The van der Waals surface area contributed by atoms with E-state index in [1.807, 2.05) is 6.92 Å². The molecular formula is C14H18ClNO3. The van der Waals surface area contributed by atoms with Crippen LogP contribution < -0.4 is 4.90 Å². The molecule has 0 aliphatic heterocycles. The Morgan fingerprint density at radius 1 is 1.37 bits per heavy atom. The number of hydrogen-bond donors (Lipinski definition) is 1. The van der Waals surface area contributed by atoms with Crippen LogP contribution >= 0.6 is 11.6 Å². The van der Waals surface area contributed by atoms with Gasteiger partial charge in [0.2, 0.25) is 5.91 Å². The van der Waals surface area contributed by atoms with E-state index in [1.54, 1.807) is 31.2 Å². The van der Waals surface area contributed by atoms with E-state index in [4.69, 9.17) is 16.7 Å². The van der Waals surface area contributed by atoms with Gasteiger partial charge in [-0.05, 0) is 18.6 Å². The van der Waals surface area contributed by atoms with Gasteiger partial charge < -0.3 is 10.0 Å². The molecule has 1 unspecified atom stereocenters. The standard InChI is InChI=1S/C14H18ClNO3/c1-3-6-13(17)16(9-10(2)14(18)19)12-8-5-4-7-11(12)15/h4-5,7-8,10H,3,6,9H2,1-2H3,(H,18,19). The fourth-order valence-electron chi connectivity index (χ4n) is 1.71. The Kier molecular flexibility index (Phi) is 5.83. The quantitative estimate of drug-likeness (QED) is 0.872. The summed E-state index contributed by atoms with van der Waals surface area (Å²) in [4.78, 5) is 24.6. The molecule has 1 amide bonds. The first kappa shape index (κ1) is 15.5. The van der Waals surface area contributed by atoms with Crippen molar-refractivity contribution in [3.05, 3.63) is 29.3 Å². The van der Waals surface area contributed by atoms with Crippen molar-refractivity contribution >= 4 is 29.2 Å². The summed E-state index contributed by atoms with van der Waals surface area (Å²) >= 11 is 6.08. The van der Waals surface area contributed by atoms with Gasteiger partial charge in [-0.2, -0.15) is 0 Å². The SMILES string of the molecule is CCCC(=O)N(CC(C)C(=O)O)c1ccccc1Cl. The Morgan fingerprint density at radius 3 is 2.53 bits per heavy atom. The summed E-state index contributed by atoms with van der Waals surface area (Å²) < 4.78 is 0. The molecule has 104 valence electrons. The Bertz CT molecular complexity index is 462. The highest BCUT2D eigenvalue weighted by Crippen LogP contribution is 2.26. The van der Waals surface area contributed by atoms with Gasteiger partial charge in [0.05, 0.1) is 16.6 Å². The van der Waals surface area contributed by atoms with Crippen LogP contribution in [-0.2, 0) is 9.59 Å². The van der Waals surface area contributed by atoms with E-state index in [9.17, 15) is 9.59 Å². The fraction of sp³-hybridized carbons (Fsp3) is 0.429. The van der Waals surface area contributed by atoms with Crippen LogP contribution in [0.15, 0.2) is 24.3 Å². The molecule has 1 aromatic carbocycles. The van der Waals surface area contributed by atoms with Crippen molar-refractivity contribution in [3.63, 3.8) is 0 Å². The molecule has 4 nitrogen and oxygen atoms in total. The Labute approximate surface area is 118 Å².